The number of hydrogen-bond acceptors (Lipinski definition) is 4. The van der Waals surface area contributed by atoms with Crippen LogP contribution in [0.3, 0.4) is 0 Å². The highest BCUT2D eigenvalue weighted by Crippen LogP contribution is 2.41. The summed E-state index contributed by atoms with van der Waals surface area (Å²) in [6.45, 7) is 3.66. The maximum absolute atomic E-state index is 13.5. The Morgan fingerprint density at radius 3 is 2.53 bits per heavy atom. The maximum atomic E-state index is 13.5. The van der Waals surface area contributed by atoms with E-state index in [0.717, 1.165) is 22.3 Å². The minimum atomic E-state index is -0.731. The third-order valence-corrected chi connectivity index (χ3v) is 6.29. The van der Waals surface area contributed by atoms with Gasteiger partial charge in [0.25, 0.3) is 5.91 Å². The number of carbonyl (C=O) groups excluding carboxylic acids is 3. The molecule has 0 saturated carbocycles. The molecule has 2 N–H and O–H groups in total. The molecule has 2 aliphatic heterocycles. The number of urea groups is 1. The molecule has 0 bridgehead atoms. The summed E-state index contributed by atoms with van der Waals surface area (Å²) in [6, 6.07) is 15.0. The van der Waals surface area contributed by atoms with Crippen LogP contribution in [-0.2, 0) is 11.8 Å². The van der Waals surface area contributed by atoms with Crippen molar-refractivity contribution in [2.45, 2.75) is 20.1 Å². The Labute approximate surface area is 197 Å². The predicted molar refractivity (Wildman–Crippen MR) is 129 cm³/mol. The van der Waals surface area contributed by atoms with Gasteiger partial charge in [-0.05, 0) is 36.6 Å². The largest absolute Gasteiger partial charge is 0.344 e. The van der Waals surface area contributed by atoms with Crippen molar-refractivity contribution in [1.29, 1.82) is 0 Å². The van der Waals surface area contributed by atoms with Crippen molar-refractivity contribution in [2.24, 2.45) is 7.05 Å². The van der Waals surface area contributed by atoms with E-state index in [1.807, 2.05) is 68.6 Å². The molecule has 2 aromatic carbocycles. The highest BCUT2D eigenvalue weighted by Gasteiger charge is 2.49. The van der Waals surface area contributed by atoms with Crippen molar-refractivity contribution in [3.05, 3.63) is 71.5 Å². The zero-order chi connectivity index (χ0) is 24.1. The quantitative estimate of drug-likeness (QED) is 0.629. The van der Waals surface area contributed by atoms with Crippen LogP contribution in [0, 0.1) is 13.8 Å². The van der Waals surface area contributed by atoms with Gasteiger partial charge >= 0.3 is 6.03 Å². The fraction of sp³-hybridized carbons (Fsp3) is 0.240. The van der Waals surface area contributed by atoms with Crippen LogP contribution in [0.5, 0.6) is 0 Å². The first kappa shape index (κ1) is 21.7. The average molecular weight is 459 g/mol. The lowest BCUT2D eigenvalue weighted by Gasteiger charge is -2.36. The number of hydrazine groups is 1. The average Bonchev–Trinajstić information content (AvgIpc) is 3.32. The minimum absolute atomic E-state index is 0.204. The third kappa shape index (κ3) is 3.41. The standard InChI is InChI=1S/C25H26N6O3/c1-15-10-11-16(2)19(12-15)26-20(32)14-30-25(34)31-21-18(17-8-6-5-7-9-17)13-28(3)22(21)23(33)29(4)24(31)27-30/h5-13,24,27H,14H2,1-4H3,(H,26,32). The lowest BCUT2D eigenvalue weighted by Crippen LogP contribution is -2.56. The summed E-state index contributed by atoms with van der Waals surface area (Å²) >= 11 is 0. The van der Waals surface area contributed by atoms with Crippen molar-refractivity contribution in [1.82, 2.24) is 19.9 Å². The van der Waals surface area contributed by atoms with Gasteiger partial charge in [0.1, 0.15) is 12.2 Å². The minimum Gasteiger partial charge on any atom is -0.344 e. The molecule has 0 aliphatic carbocycles. The van der Waals surface area contributed by atoms with E-state index >= 15 is 0 Å². The van der Waals surface area contributed by atoms with Gasteiger partial charge in [0.05, 0.1) is 5.69 Å². The van der Waals surface area contributed by atoms with Gasteiger partial charge in [-0.3, -0.25) is 14.5 Å². The van der Waals surface area contributed by atoms with Gasteiger partial charge in [0, 0.05) is 31.5 Å². The number of rotatable bonds is 4. The molecular weight excluding hydrogens is 432 g/mol. The lowest BCUT2D eigenvalue weighted by atomic mass is 10.0. The molecule has 174 valence electrons. The number of nitrogens with zero attached hydrogens (tertiary/aromatic N) is 4. The second-order valence-corrected chi connectivity index (χ2v) is 8.74. The molecule has 1 saturated heterocycles. The van der Waals surface area contributed by atoms with Crippen LogP contribution >= 0.6 is 0 Å². The van der Waals surface area contributed by atoms with Gasteiger partial charge in [-0.25, -0.2) is 9.80 Å². The molecular formula is C25H26N6O3. The van der Waals surface area contributed by atoms with Crippen LogP contribution in [0.4, 0.5) is 16.2 Å². The number of nitrogens with one attached hydrogen (secondary N) is 2. The van der Waals surface area contributed by atoms with Crippen LogP contribution in [0.2, 0.25) is 0 Å². The Balaban J connectivity index is 1.46. The van der Waals surface area contributed by atoms with Gasteiger partial charge in [0.15, 0.2) is 6.29 Å². The van der Waals surface area contributed by atoms with Gasteiger partial charge in [-0.1, -0.05) is 42.5 Å². The number of hydrogen-bond donors (Lipinski definition) is 2. The Bertz CT molecular complexity index is 1320. The molecule has 3 aromatic rings. The fourth-order valence-corrected chi connectivity index (χ4v) is 4.50. The van der Waals surface area contributed by atoms with Crippen molar-refractivity contribution in [3.8, 4) is 11.1 Å². The van der Waals surface area contributed by atoms with Crippen molar-refractivity contribution in [3.63, 3.8) is 0 Å². The molecule has 4 amide bonds. The Morgan fingerprint density at radius 1 is 1.06 bits per heavy atom. The SMILES string of the molecule is Cc1ccc(C)c(NC(=O)CN2NC3N(C)C(=O)c4c(c(-c5ccccc5)cn4C)N3C2=O)c1. The summed E-state index contributed by atoms with van der Waals surface area (Å²) in [5.41, 5.74) is 8.35. The molecule has 0 spiro atoms. The molecule has 1 atom stereocenters. The molecule has 9 nitrogen and oxygen atoms in total. The predicted octanol–water partition coefficient (Wildman–Crippen LogP) is 3.06. The number of aryl methyl sites for hydroxylation is 3. The summed E-state index contributed by atoms with van der Waals surface area (Å²) in [6.07, 6.45) is 1.13. The number of fused-ring (bicyclic) bond motifs is 3. The molecule has 0 radical (unpaired) electrons. The smallest absolute Gasteiger partial charge is 0.342 e. The Hall–Kier alpha value is -4.11. The van der Waals surface area contributed by atoms with Crippen LogP contribution in [-0.4, -0.2) is 52.2 Å². The highest BCUT2D eigenvalue weighted by atomic mass is 16.2. The van der Waals surface area contributed by atoms with E-state index in [9.17, 15) is 14.4 Å². The third-order valence-electron chi connectivity index (χ3n) is 6.29. The van der Waals surface area contributed by atoms with E-state index in [-0.39, 0.29) is 18.4 Å². The van der Waals surface area contributed by atoms with Crippen LogP contribution in [0.25, 0.3) is 11.1 Å². The second-order valence-electron chi connectivity index (χ2n) is 8.74. The van der Waals surface area contributed by atoms with Crippen molar-refractivity contribution < 1.29 is 14.4 Å². The molecule has 9 heteroatoms. The lowest BCUT2D eigenvalue weighted by molar-refractivity contribution is -0.117. The van der Waals surface area contributed by atoms with E-state index in [1.54, 1.807) is 23.6 Å². The number of aromatic nitrogens is 1. The number of amides is 4. The van der Waals surface area contributed by atoms with Crippen LogP contribution in [0.15, 0.2) is 54.7 Å². The summed E-state index contributed by atoms with van der Waals surface area (Å²) in [5, 5.41) is 4.14. The van der Waals surface area contributed by atoms with E-state index < -0.39 is 12.3 Å². The molecule has 1 unspecified atom stereocenters. The van der Waals surface area contributed by atoms with Crippen molar-refractivity contribution in [2.75, 3.05) is 23.8 Å². The number of benzene rings is 2. The fourth-order valence-electron chi connectivity index (χ4n) is 4.50. The highest BCUT2D eigenvalue weighted by molar-refractivity contribution is 6.12. The zero-order valence-electron chi connectivity index (χ0n) is 19.5. The summed E-state index contributed by atoms with van der Waals surface area (Å²) < 4.78 is 1.75. The first-order chi connectivity index (χ1) is 16.3. The second kappa shape index (κ2) is 8.03. The van der Waals surface area contributed by atoms with E-state index in [2.05, 4.69) is 10.7 Å². The van der Waals surface area contributed by atoms with Crippen LogP contribution < -0.4 is 15.6 Å². The Kier molecular flexibility index (Phi) is 5.13. The first-order valence-corrected chi connectivity index (χ1v) is 11.0. The van der Waals surface area contributed by atoms with Gasteiger partial charge in [0.2, 0.25) is 5.91 Å². The number of carbonyl (C=O) groups is 3. The number of anilines is 2. The molecule has 5 rings (SSSR count). The molecule has 1 aromatic heterocycles. The molecule has 1 fully saturated rings. The maximum Gasteiger partial charge on any atom is 0.342 e. The molecule has 2 aliphatic rings. The van der Waals surface area contributed by atoms with E-state index in [1.165, 1.54) is 9.91 Å². The van der Waals surface area contributed by atoms with E-state index in [4.69, 9.17) is 0 Å². The monoisotopic (exact) mass is 458 g/mol. The zero-order valence-corrected chi connectivity index (χ0v) is 19.5. The van der Waals surface area contributed by atoms with Crippen molar-refractivity contribution >= 4 is 29.2 Å². The van der Waals surface area contributed by atoms with Crippen LogP contribution in [0.1, 0.15) is 21.6 Å². The van der Waals surface area contributed by atoms with Gasteiger partial charge in [-0.2, -0.15) is 5.43 Å². The summed E-state index contributed by atoms with van der Waals surface area (Å²) in [5.74, 6) is -0.539. The van der Waals surface area contributed by atoms with Gasteiger partial charge in [-0.15, -0.1) is 0 Å². The topological polar surface area (TPSA) is 89.9 Å². The normalized spacial score (nSPS) is 17.2. The van der Waals surface area contributed by atoms with E-state index in [0.29, 0.717) is 17.1 Å². The first-order valence-electron chi connectivity index (χ1n) is 11.0. The summed E-state index contributed by atoms with van der Waals surface area (Å²) in [4.78, 5) is 42.6. The molecule has 3 heterocycles. The van der Waals surface area contributed by atoms with Gasteiger partial charge < -0.3 is 14.8 Å². The molecule has 34 heavy (non-hydrogen) atoms. The summed E-state index contributed by atoms with van der Waals surface area (Å²) in [7, 11) is 3.43. The Morgan fingerprint density at radius 2 is 1.79 bits per heavy atom.